The molecule has 0 radical (unpaired) electrons. The molecule has 0 aliphatic heterocycles. The average molecular weight is 379 g/mol. The van der Waals surface area contributed by atoms with E-state index in [0.717, 1.165) is 5.56 Å². The molecule has 1 N–H and O–H groups in total. The fourth-order valence-corrected chi connectivity index (χ4v) is 3.97. The summed E-state index contributed by atoms with van der Waals surface area (Å²) in [5.74, 6) is -0.181. The largest absolute Gasteiger partial charge is 0.282 e. The first-order valence-corrected chi connectivity index (χ1v) is 8.95. The van der Waals surface area contributed by atoms with Crippen molar-refractivity contribution in [3.8, 4) is 0 Å². The number of hydrogen-bond acceptors (Lipinski definition) is 4. The molecule has 118 valence electrons. The Morgan fingerprint density at radius 3 is 2.29 bits per heavy atom. The third-order valence-electron chi connectivity index (χ3n) is 3.38. The van der Waals surface area contributed by atoms with Crippen LogP contribution in [0.2, 0.25) is 0 Å². The van der Waals surface area contributed by atoms with E-state index in [-0.39, 0.29) is 10.8 Å². The van der Waals surface area contributed by atoms with Gasteiger partial charge in [-0.05, 0) is 40.9 Å². The van der Waals surface area contributed by atoms with E-state index in [1.807, 2.05) is 13.8 Å². The van der Waals surface area contributed by atoms with E-state index < -0.39 is 25.9 Å². The van der Waals surface area contributed by atoms with Gasteiger partial charge in [-0.1, -0.05) is 38.0 Å². The predicted octanol–water partition coefficient (Wildman–Crippen LogP) is 2.69. The Kier molecular flexibility index (Phi) is 6.30. The van der Waals surface area contributed by atoms with Gasteiger partial charge in [-0.2, -0.15) is 4.72 Å². The fourth-order valence-electron chi connectivity index (χ4n) is 1.79. The van der Waals surface area contributed by atoms with Crippen LogP contribution in [0, 0.1) is 23.0 Å². The van der Waals surface area contributed by atoms with Crippen LogP contribution >= 0.6 is 15.9 Å². The summed E-state index contributed by atoms with van der Waals surface area (Å²) >= 11 is 2.96. The van der Waals surface area contributed by atoms with Crippen LogP contribution in [-0.4, -0.2) is 24.3 Å². The SMILES string of the molecule is CCC(C)C(NS(=O)(=O)c1ccc(C)cc1)C(Br)[N+](=O)[O-]. The van der Waals surface area contributed by atoms with Gasteiger partial charge >= 0.3 is 0 Å². The number of hydrogen-bond donors (Lipinski definition) is 1. The first-order valence-electron chi connectivity index (χ1n) is 6.55. The van der Waals surface area contributed by atoms with Crippen molar-refractivity contribution in [2.24, 2.45) is 5.92 Å². The van der Waals surface area contributed by atoms with Crippen molar-refractivity contribution in [1.82, 2.24) is 4.72 Å². The summed E-state index contributed by atoms with van der Waals surface area (Å²) in [4.78, 5) is 9.35. The number of nitrogens with zero attached hydrogens (tertiary/aromatic N) is 1. The molecule has 0 bridgehead atoms. The second-order valence-corrected chi connectivity index (χ2v) is 7.66. The molecule has 1 aromatic rings. The molecular weight excluding hydrogens is 360 g/mol. The zero-order valence-electron chi connectivity index (χ0n) is 12.1. The fraction of sp³-hybridized carbons (Fsp3) is 0.538. The Hall–Kier alpha value is -0.990. The van der Waals surface area contributed by atoms with Crippen molar-refractivity contribution in [2.75, 3.05) is 0 Å². The molecule has 6 nitrogen and oxygen atoms in total. The van der Waals surface area contributed by atoms with Crippen molar-refractivity contribution < 1.29 is 13.3 Å². The molecule has 0 heterocycles. The van der Waals surface area contributed by atoms with Gasteiger partial charge in [-0.25, -0.2) is 8.42 Å². The monoisotopic (exact) mass is 378 g/mol. The molecule has 0 saturated carbocycles. The van der Waals surface area contributed by atoms with Crippen LogP contribution in [-0.2, 0) is 10.0 Å². The minimum absolute atomic E-state index is 0.101. The van der Waals surface area contributed by atoms with Gasteiger partial charge in [-0.15, -0.1) is 0 Å². The van der Waals surface area contributed by atoms with Crippen LogP contribution in [0.25, 0.3) is 0 Å². The molecule has 3 atom stereocenters. The molecule has 21 heavy (non-hydrogen) atoms. The zero-order chi connectivity index (χ0) is 16.2. The van der Waals surface area contributed by atoms with Crippen LogP contribution in [0.15, 0.2) is 29.2 Å². The highest BCUT2D eigenvalue weighted by molar-refractivity contribution is 9.09. The number of nitrogens with one attached hydrogen (secondary N) is 1. The number of halogens is 1. The van der Waals surface area contributed by atoms with E-state index in [1.54, 1.807) is 19.1 Å². The van der Waals surface area contributed by atoms with E-state index in [1.165, 1.54) is 12.1 Å². The van der Waals surface area contributed by atoms with Crippen molar-refractivity contribution in [1.29, 1.82) is 0 Å². The molecule has 0 fully saturated rings. The minimum atomic E-state index is -3.79. The minimum Gasteiger partial charge on any atom is -0.263 e. The Balaban J connectivity index is 3.06. The third-order valence-corrected chi connectivity index (χ3v) is 5.76. The Morgan fingerprint density at radius 1 is 1.33 bits per heavy atom. The topological polar surface area (TPSA) is 89.3 Å². The van der Waals surface area contributed by atoms with Crippen molar-refractivity contribution in [3.63, 3.8) is 0 Å². The third kappa shape index (κ3) is 4.76. The molecule has 1 rings (SSSR count). The second kappa shape index (κ2) is 7.33. The maximum atomic E-state index is 12.3. The number of nitro groups is 1. The summed E-state index contributed by atoms with van der Waals surface area (Å²) in [6.07, 6.45) is 0.622. The lowest BCUT2D eigenvalue weighted by atomic mass is 10.0. The van der Waals surface area contributed by atoms with Gasteiger partial charge in [0.15, 0.2) is 0 Å². The zero-order valence-corrected chi connectivity index (χ0v) is 14.5. The lowest BCUT2D eigenvalue weighted by molar-refractivity contribution is -0.497. The van der Waals surface area contributed by atoms with Crippen LogP contribution in [0.4, 0.5) is 0 Å². The van der Waals surface area contributed by atoms with Gasteiger partial charge in [0.25, 0.3) is 4.95 Å². The molecule has 1 aromatic carbocycles. The Labute approximate surface area is 133 Å². The quantitative estimate of drug-likeness (QED) is 0.341. The van der Waals surface area contributed by atoms with Gasteiger partial charge in [0.2, 0.25) is 10.0 Å². The molecule has 0 aromatic heterocycles. The van der Waals surface area contributed by atoms with E-state index in [4.69, 9.17) is 0 Å². The maximum absolute atomic E-state index is 12.3. The van der Waals surface area contributed by atoms with Gasteiger partial charge in [-0.3, -0.25) is 10.1 Å². The van der Waals surface area contributed by atoms with E-state index >= 15 is 0 Å². The highest BCUT2D eigenvalue weighted by Crippen LogP contribution is 2.21. The number of rotatable bonds is 7. The number of aryl methyl sites for hydroxylation is 1. The molecule has 0 amide bonds. The van der Waals surface area contributed by atoms with Crippen LogP contribution < -0.4 is 4.72 Å². The predicted molar refractivity (Wildman–Crippen MR) is 84.5 cm³/mol. The normalized spacial score (nSPS) is 16.2. The summed E-state index contributed by atoms with van der Waals surface area (Å²) < 4.78 is 27.1. The molecule has 0 aliphatic carbocycles. The van der Waals surface area contributed by atoms with Gasteiger partial charge in [0.05, 0.1) is 4.90 Å². The molecule has 0 spiro atoms. The highest BCUT2D eigenvalue weighted by Gasteiger charge is 2.36. The standard InChI is InChI=1S/C13H19BrN2O4S/c1-4-10(3)12(13(14)16(17)18)15-21(19,20)11-7-5-9(2)6-8-11/h5-8,10,12-13,15H,4H2,1-3H3. The summed E-state index contributed by atoms with van der Waals surface area (Å²) in [6.45, 7) is 5.49. The van der Waals surface area contributed by atoms with Gasteiger partial charge in [0, 0.05) is 4.92 Å². The highest BCUT2D eigenvalue weighted by atomic mass is 79.9. The second-order valence-electron chi connectivity index (χ2n) is 5.00. The summed E-state index contributed by atoms with van der Waals surface area (Å²) in [5, 5.41) is 11.0. The average Bonchev–Trinajstić information content (AvgIpc) is 2.43. The smallest absolute Gasteiger partial charge is 0.263 e. The first-order chi connectivity index (χ1) is 9.69. The molecule has 0 saturated heterocycles. The van der Waals surface area contributed by atoms with Crippen molar-refractivity contribution in [2.45, 2.75) is 43.1 Å². The molecule has 3 unspecified atom stereocenters. The number of benzene rings is 1. The van der Waals surface area contributed by atoms with E-state index in [9.17, 15) is 18.5 Å². The van der Waals surface area contributed by atoms with Crippen LogP contribution in [0.3, 0.4) is 0 Å². The summed E-state index contributed by atoms with van der Waals surface area (Å²) in [6, 6.07) is 5.52. The molecular formula is C13H19BrN2O4S. The van der Waals surface area contributed by atoms with Crippen molar-refractivity contribution in [3.05, 3.63) is 39.9 Å². The molecule has 0 aliphatic rings. The first kappa shape index (κ1) is 18.1. The number of alkyl halides is 1. The lowest BCUT2D eigenvalue weighted by Crippen LogP contribution is -2.47. The van der Waals surface area contributed by atoms with Gasteiger partial charge in [0.1, 0.15) is 6.04 Å². The Morgan fingerprint density at radius 2 is 1.86 bits per heavy atom. The van der Waals surface area contributed by atoms with Gasteiger partial charge < -0.3 is 0 Å². The molecule has 8 heteroatoms. The van der Waals surface area contributed by atoms with Crippen molar-refractivity contribution >= 4 is 26.0 Å². The van der Waals surface area contributed by atoms with Crippen LogP contribution in [0.1, 0.15) is 25.8 Å². The maximum Gasteiger partial charge on any atom is 0.282 e. The Bertz CT molecular complexity index is 589. The summed E-state index contributed by atoms with van der Waals surface area (Å²) in [5.41, 5.74) is 0.941. The van der Waals surface area contributed by atoms with Crippen LogP contribution in [0.5, 0.6) is 0 Å². The van der Waals surface area contributed by atoms with E-state index in [2.05, 4.69) is 20.7 Å². The summed E-state index contributed by atoms with van der Waals surface area (Å²) in [7, 11) is -3.79. The number of sulfonamides is 1. The lowest BCUT2D eigenvalue weighted by Gasteiger charge is -2.23. The van der Waals surface area contributed by atoms with E-state index in [0.29, 0.717) is 6.42 Å².